The van der Waals surface area contributed by atoms with Crippen molar-refractivity contribution in [2.45, 2.75) is 27.2 Å². The van der Waals surface area contributed by atoms with E-state index in [1.807, 2.05) is 26.1 Å². The number of carbonyl (C=O) groups excluding carboxylic acids is 2. The van der Waals surface area contributed by atoms with Gasteiger partial charge in [0.25, 0.3) is 0 Å². The van der Waals surface area contributed by atoms with Gasteiger partial charge in [-0.3, -0.25) is 0 Å². The van der Waals surface area contributed by atoms with E-state index in [9.17, 15) is 9.59 Å². The summed E-state index contributed by atoms with van der Waals surface area (Å²) in [5.41, 5.74) is 6.90. The molecule has 0 bridgehead atoms. The van der Waals surface area contributed by atoms with Crippen LogP contribution in [-0.2, 0) is 4.74 Å². The van der Waals surface area contributed by atoms with E-state index in [-0.39, 0.29) is 12.5 Å². The predicted molar refractivity (Wildman–Crippen MR) is 66.4 cm³/mol. The van der Waals surface area contributed by atoms with Gasteiger partial charge in [0.15, 0.2) is 0 Å². The summed E-state index contributed by atoms with van der Waals surface area (Å²) in [6.07, 6.45) is 1.97. The Morgan fingerprint density at radius 2 is 2.00 bits per heavy atom. The molecule has 0 heterocycles. The maximum atomic E-state index is 11.0. The normalized spacial score (nSPS) is 11.2. The number of nitrogens with two attached hydrogens (primary N) is 1. The van der Waals surface area contributed by atoms with Gasteiger partial charge >= 0.3 is 12.1 Å². The van der Waals surface area contributed by atoms with Crippen molar-refractivity contribution in [2.24, 2.45) is 11.7 Å². The first kappa shape index (κ1) is 15.2. The molecule has 0 aliphatic heterocycles. The third-order valence-electron chi connectivity index (χ3n) is 2.15. The fourth-order valence-electron chi connectivity index (χ4n) is 1.10. The monoisotopic (exact) mass is 240 g/mol. The Labute approximate surface area is 102 Å². The van der Waals surface area contributed by atoms with E-state index in [1.165, 1.54) is 5.57 Å². The van der Waals surface area contributed by atoms with Crippen LogP contribution >= 0.6 is 0 Å². The lowest BCUT2D eigenvalue weighted by Gasteiger charge is -2.15. The Morgan fingerprint density at radius 1 is 1.41 bits per heavy atom. The van der Waals surface area contributed by atoms with Gasteiger partial charge in [-0.25, -0.2) is 14.9 Å². The van der Waals surface area contributed by atoms with Crippen molar-refractivity contribution >= 4 is 12.1 Å². The molecule has 5 heteroatoms. The minimum absolute atomic E-state index is 0.0449. The van der Waals surface area contributed by atoms with Crippen LogP contribution < -0.4 is 11.1 Å². The third kappa shape index (κ3) is 8.07. The highest BCUT2D eigenvalue weighted by Crippen LogP contribution is 2.15. The van der Waals surface area contributed by atoms with Crippen molar-refractivity contribution in [3.63, 3.8) is 0 Å². The van der Waals surface area contributed by atoms with Gasteiger partial charge in [-0.05, 0) is 27.2 Å². The van der Waals surface area contributed by atoms with Crippen molar-refractivity contribution in [1.29, 1.82) is 0 Å². The lowest BCUT2D eigenvalue weighted by atomic mass is 9.98. The quantitative estimate of drug-likeness (QED) is 0.724. The molecule has 5 nitrogen and oxygen atoms in total. The standard InChI is InChI=1S/C12H20N2O3/c1-8(2)5-6-10(9(3)4)7-17-12(16)14-11(13)15/h5,10H,3,6-7H2,1-2,4H3,(H3,13,14,15,16)/t10-/m1/s1. The highest BCUT2D eigenvalue weighted by atomic mass is 16.5. The third-order valence-corrected chi connectivity index (χ3v) is 2.15. The molecule has 0 fully saturated rings. The number of ether oxygens (including phenoxy) is 1. The van der Waals surface area contributed by atoms with Gasteiger partial charge in [0, 0.05) is 5.92 Å². The molecule has 0 aromatic rings. The molecule has 0 spiro atoms. The lowest BCUT2D eigenvalue weighted by Crippen LogP contribution is -2.36. The van der Waals surface area contributed by atoms with Crippen molar-refractivity contribution in [2.75, 3.05) is 6.61 Å². The summed E-state index contributed by atoms with van der Waals surface area (Å²) >= 11 is 0. The van der Waals surface area contributed by atoms with E-state index in [0.717, 1.165) is 12.0 Å². The molecule has 0 saturated carbocycles. The Hall–Kier alpha value is -1.78. The number of primary amides is 1. The second-order valence-corrected chi connectivity index (χ2v) is 4.15. The maximum Gasteiger partial charge on any atom is 0.415 e. The maximum absolute atomic E-state index is 11.0. The summed E-state index contributed by atoms with van der Waals surface area (Å²) in [6.45, 7) is 9.88. The van der Waals surface area contributed by atoms with Crippen LogP contribution in [0.2, 0.25) is 0 Å². The largest absolute Gasteiger partial charge is 0.449 e. The number of carbonyl (C=O) groups is 2. The minimum atomic E-state index is -0.925. The van der Waals surface area contributed by atoms with E-state index in [2.05, 4.69) is 12.7 Å². The van der Waals surface area contributed by atoms with Crippen LogP contribution in [0.3, 0.4) is 0 Å². The molecule has 3 N–H and O–H groups in total. The van der Waals surface area contributed by atoms with E-state index in [0.29, 0.717) is 0 Å². The van der Waals surface area contributed by atoms with E-state index in [4.69, 9.17) is 10.5 Å². The summed E-state index contributed by atoms with van der Waals surface area (Å²) in [6, 6.07) is -0.925. The Kier molecular flexibility index (Phi) is 6.70. The molecule has 1 atom stereocenters. The summed E-state index contributed by atoms with van der Waals surface area (Å²) in [4.78, 5) is 21.4. The molecule has 0 radical (unpaired) electrons. The lowest BCUT2D eigenvalue weighted by molar-refractivity contribution is 0.135. The van der Waals surface area contributed by atoms with Gasteiger partial charge in [-0.2, -0.15) is 0 Å². The van der Waals surface area contributed by atoms with Crippen LogP contribution in [0, 0.1) is 5.92 Å². The molecule has 0 rings (SSSR count). The number of amides is 3. The topological polar surface area (TPSA) is 81.4 Å². The van der Waals surface area contributed by atoms with Gasteiger partial charge in [-0.1, -0.05) is 23.8 Å². The molecule has 0 aliphatic carbocycles. The number of rotatable bonds is 5. The molecule has 3 amide bonds. The molecule has 0 unspecified atom stereocenters. The number of hydrogen-bond donors (Lipinski definition) is 2. The molecular formula is C12H20N2O3. The summed E-state index contributed by atoms with van der Waals surface area (Å²) in [7, 11) is 0. The predicted octanol–water partition coefficient (Wildman–Crippen LogP) is 2.34. The average Bonchev–Trinajstić information content (AvgIpc) is 2.15. The van der Waals surface area contributed by atoms with Crippen LogP contribution in [0.15, 0.2) is 23.8 Å². The van der Waals surface area contributed by atoms with Crippen molar-refractivity contribution in [1.82, 2.24) is 5.32 Å². The van der Waals surface area contributed by atoms with Crippen molar-refractivity contribution < 1.29 is 14.3 Å². The second-order valence-electron chi connectivity index (χ2n) is 4.15. The molecule has 0 aromatic heterocycles. The van der Waals surface area contributed by atoms with Crippen LogP contribution in [-0.4, -0.2) is 18.7 Å². The zero-order valence-electron chi connectivity index (χ0n) is 10.6. The highest BCUT2D eigenvalue weighted by Gasteiger charge is 2.12. The van der Waals surface area contributed by atoms with Crippen LogP contribution in [0.5, 0.6) is 0 Å². The fraction of sp³-hybridized carbons (Fsp3) is 0.500. The smallest absolute Gasteiger partial charge is 0.415 e. The van der Waals surface area contributed by atoms with E-state index >= 15 is 0 Å². The molecule has 17 heavy (non-hydrogen) atoms. The highest BCUT2D eigenvalue weighted by molar-refractivity contribution is 5.89. The second kappa shape index (κ2) is 7.49. The molecule has 96 valence electrons. The van der Waals surface area contributed by atoms with Gasteiger partial charge < -0.3 is 10.5 Å². The number of nitrogens with one attached hydrogen (secondary N) is 1. The number of allylic oxidation sites excluding steroid dienone is 2. The van der Waals surface area contributed by atoms with Gasteiger partial charge in [0.05, 0.1) is 6.61 Å². The zero-order valence-corrected chi connectivity index (χ0v) is 10.6. The first-order valence-electron chi connectivity index (χ1n) is 5.35. The number of urea groups is 1. The average molecular weight is 240 g/mol. The van der Waals surface area contributed by atoms with E-state index < -0.39 is 12.1 Å². The number of alkyl carbamates (subject to hydrolysis) is 1. The van der Waals surface area contributed by atoms with Gasteiger partial charge in [-0.15, -0.1) is 0 Å². The molecule has 0 aliphatic rings. The summed E-state index contributed by atoms with van der Waals surface area (Å²) in [5.74, 6) is 0.0449. The summed E-state index contributed by atoms with van der Waals surface area (Å²) in [5, 5.41) is 1.83. The van der Waals surface area contributed by atoms with Crippen LogP contribution in [0.25, 0.3) is 0 Å². The first-order chi connectivity index (χ1) is 7.82. The fourth-order valence-corrected chi connectivity index (χ4v) is 1.10. The first-order valence-corrected chi connectivity index (χ1v) is 5.35. The van der Waals surface area contributed by atoms with Crippen LogP contribution in [0.1, 0.15) is 27.2 Å². The van der Waals surface area contributed by atoms with E-state index in [1.54, 1.807) is 0 Å². The molecule has 0 aromatic carbocycles. The molecule has 0 saturated heterocycles. The Morgan fingerprint density at radius 3 is 2.41 bits per heavy atom. The Balaban J connectivity index is 4.18. The van der Waals surface area contributed by atoms with Crippen molar-refractivity contribution in [3.05, 3.63) is 23.8 Å². The Bertz CT molecular complexity index is 331. The van der Waals surface area contributed by atoms with Gasteiger partial charge in [0.1, 0.15) is 0 Å². The molecular weight excluding hydrogens is 220 g/mol. The van der Waals surface area contributed by atoms with Crippen molar-refractivity contribution in [3.8, 4) is 0 Å². The zero-order chi connectivity index (χ0) is 13.4. The van der Waals surface area contributed by atoms with Gasteiger partial charge in [0.2, 0.25) is 0 Å². The minimum Gasteiger partial charge on any atom is -0.449 e. The SMILES string of the molecule is C=C(C)[C@H](CC=C(C)C)COC(=O)NC(N)=O. The number of imide groups is 1. The van der Waals surface area contributed by atoms with Crippen LogP contribution in [0.4, 0.5) is 9.59 Å². The number of hydrogen-bond acceptors (Lipinski definition) is 3. The summed E-state index contributed by atoms with van der Waals surface area (Å²) < 4.78 is 4.87.